The monoisotopic (exact) mass is 435 g/mol. The molecule has 0 saturated heterocycles. The van der Waals surface area contributed by atoms with Gasteiger partial charge >= 0.3 is 5.97 Å². The van der Waals surface area contributed by atoms with E-state index in [-0.39, 0.29) is 25.7 Å². The number of carbonyl (C=O) groups excluding carboxylic acids is 1. The Morgan fingerprint density at radius 3 is 2.19 bits per heavy atom. The maximum atomic E-state index is 13.1. The number of anilines is 1. The van der Waals surface area contributed by atoms with Crippen molar-refractivity contribution in [1.82, 2.24) is 0 Å². The lowest BCUT2D eigenvalue weighted by atomic mass is 10.3. The topological polar surface area (TPSA) is 63.7 Å². The fourth-order valence-electron chi connectivity index (χ4n) is 2.14. The van der Waals surface area contributed by atoms with Gasteiger partial charge in [-0.25, -0.2) is 8.42 Å². The van der Waals surface area contributed by atoms with Gasteiger partial charge in [-0.05, 0) is 38.1 Å². The largest absolute Gasteiger partial charge is 0.462 e. The lowest BCUT2D eigenvalue weighted by molar-refractivity contribution is -0.145. The number of benzene rings is 2. The molecule has 2 aromatic carbocycles. The quantitative estimate of drug-likeness (QED) is 0.482. The molecule has 0 radical (unpaired) electrons. The summed E-state index contributed by atoms with van der Waals surface area (Å²) in [5, 5.41) is 0.315. The Kier molecular flexibility index (Phi) is 6.80. The van der Waals surface area contributed by atoms with E-state index < -0.39 is 28.6 Å². The van der Waals surface area contributed by atoms with Crippen LogP contribution in [0.15, 0.2) is 47.4 Å². The maximum absolute atomic E-state index is 13.1. The molecule has 0 atom stereocenters. The first-order valence-electron chi connectivity index (χ1n) is 7.54. The highest BCUT2D eigenvalue weighted by Crippen LogP contribution is 2.37. The minimum atomic E-state index is -4.09. The molecule has 0 aliphatic rings. The molecule has 0 aliphatic carbocycles. The van der Waals surface area contributed by atoms with Gasteiger partial charge in [0.1, 0.15) is 6.54 Å². The number of sulfonamides is 1. The molecule has 9 heteroatoms. The van der Waals surface area contributed by atoms with E-state index in [1.807, 2.05) is 0 Å². The number of halogens is 3. The van der Waals surface area contributed by atoms with Crippen LogP contribution in [0.4, 0.5) is 5.69 Å². The lowest BCUT2D eigenvalue weighted by Gasteiger charge is -2.25. The Labute approximate surface area is 167 Å². The van der Waals surface area contributed by atoms with E-state index >= 15 is 0 Å². The van der Waals surface area contributed by atoms with Gasteiger partial charge in [-0.2, -0.15) is 0 Å². The van der Waals surface area contributed by atoms with Gasteiger partial charge in [0, 0.05) is 0 Å². The molecule has 5 nitrogen and oxygen atoms in total. The number of esters is 1. The van der Waals surface area contributed by atoms with Crippen LogP contribution in [0.5, 0.6) is 0 Å². The van der Waals surface area contributed by atoms with Crippen LogP contribution < -0.4 is 4.31 Å². The highest BCUT2D eigenvalue weighted by Gasteiger charge is 2.30. The first-order valence-corrected chi connectivity index (χ1v) is 10.1. The van der Waals surface area contributed by atoms with E-state index in [1.54, 1.807) is 32.0 Å². The van der Waals surface area contributed by atoms with Gasteiger partial charge in [-0.1, -0.05) is 53.0 Å². The Balaban J connectivity index is 2.56. The minimum absolute atomic E-state index is 0.000476. The fraction of sp³-hybridized carbons (Fsp3) is 0.235. The zero-order valence-corrected chi connectivity index (χ0v) is 17.0. The molecule has 0 spiro atoms. The van der Waals surface area contributed by atoms with Crippen LogP contribution >= 0.6 is 34.8 Å². The van der Waals surface area contributed by atoms with E-state index in [4.69, 9.17) is 39.5 Å². The number of nitrogens with zero attached hydrogens (tertiary/aromatic N) is 1. The Morgan fingerprint density at radius 2 is 1.62 bits per heavy atom. The minimum Gasteiger partial charge on any atom is -0.462 e. The molecule has 2 rings (SSSR count). The van der Waals surface area contributed by atoms with Gasteiger partial charge in [0.05, 0.1) is 31.8 Å². The van der Waals surface area contributed by atoms with E-state index in [1.165, 1.54) is 24.3 Å². The van der Waals surface area contributed by atoms with Crippen LogP contribution in [0.3, 0.4) is 0 Å². The molecule has 140 valence electrons. The van der Waals surface area contributed by atoms with Crippen molar-refractivity contribution in [2.75, 3.05) is 10.8 Å². The van der Waals surface area contributed by atoms with Crippen molar-refractivity contribution < 1.29 is 17.9 Å². The van der Waals surface area contributed by atoms with Crippen LogP contribution in [0, 0.1) is 0 Å². The number of hydrogen-bond donors (Lipinski definition) is 0. The van der Waals surface area contributed by atoms with Gasteiger partial charge in [-0.3, -0.25) is 9.10 Å². The molecular weight excluding hydrogens is 421 g/mol. The molecule has 0 aliphatic heterocycles. The van der Waals surface area contributed by atoms with Gasteiger partial charge in [0.25, 0.3) is 10.0 Å². The predicted molar refractivity (Wildman–Crippen MR) is 104 cm³/mol. The number of hydrogen-bond acceptors (Lipinski definition) is 4. The summed E-state index contributed by atoms with van der Waals surface area (Å²) in [6.45, 7) is 2.77. The average Bonchev–Trinajstić information content (AvgIpc) is 2.56. The van der Waals surface area contributed by atoms with E-state index in [2.05, 4.69) is 0 Å². The molecule has 0 fully saturated rings. The predicted octanol–water partition coefficient (Wildman–Crippen LogP) is 4.79. The maximum Gasteiger partial charge on any atom is 0.327 e. The second kappa shape index (κ2) is 8.48. The molecule has 0 bridgehead atoms. The first-order chi connectivity index (χ1) is 12.1. The summed E-state index contributed by atoms with van der Waals surface area (Å²) < 4.78 is 32.1. The third-order valence-corrected chi connectivity index (χ3v) is 6.03. The van der Waals surface area contributed by atoms with Crippen molar-refractivity contribution in [2.24, 2.45) is 0 Å². The van der Waals surface area contributed by atoms with Gasteiger partial charge < -0.3 is 4.74 Å². The molecule has 2 aromatic rings. The van der Waals surface area contributed by atoms with Crippen LogP contribution in [0.2, 0.25) is 15.1 Å². The molecular formula is C17H16Cl3NO4S. The molecule has 0 unspecified atom stereocenters. The van der Waals surface area contributed by atoms with Crippen LogP contribution in [0.25, 0.3) is 0 Å². The summed E-state index contributed by atoms with van der Waals surface area (Å²) in [5.74, 6) is -0.721. The molecule has 0 heterocycles. The summed E-state index contributed by atoms with van der Waals surface area (Å²) in [4.78, 5) is 12.1. The molecule has 0 amide bonds. The zero-order valence-electron chi connectivity index (χ0n) is 13.9. The first kappa shape index (κ1) is 20.8. The van der Waals surface area contributed by atoms with E-state index in [0.29, 0.717) is 0 Å². The third-order valence-electron chi connectivity index (χ3n) is 3.23. The lowest BCUT2D eigenvalue weighted by Crippen LogP contribution is -2.37. The normalized spacial score (nSPS) is 11.5. The highest BCUT2D eigenvalue weighted by molar-refractivity contribution is 7.92. The molecule has 0 aromatic heterocycles. The zero-order chi connectivity index (χ0) is 19.5. The smallest absolute Gasteiger partial charge is 0.327 e. The van der Waals surface area contributed by atoms with Crippen molar-refractivity contribution in [2.45, 2.75) is 24.8 Å². The number of rotatable bonds is 6. The number of carbonyl (C=O) groups is 1. The van der Waals surface area contributed by atoms with Gasteiger partial charge in [0.2, 0.25) is 0 Å². The summed E-state index contributed by atoms with van der Waals surface area (Å²) in [7, 11) is -4.09. The summed E-state index contributed by atoms with van der Waals surface area (Å²) in [5.41, 5.74) is 0.0330. The van der Waals surface area contributed by atoms with Gasteiger partial charge in [0.15, 0.2) is 0 Å². The van der Waals surface area contributed by atoms with Crippen molar-refractivity contribution in [3.63, 3.8) is 0 Å². The summed E-state index contributed by atoms with van der Waals surface area (Å²) in [6.07, 6.45) is -0.395. The van der Waals surface area contributed by atoms with Crippen LogP contribution in [-0.4, -0.2) is 27.0 Å². The van der Waals surface area contributed by atoms with Crippen LogP contribution in [-0.2, 0) is 19.6 Å². The van der Waals surface area contributed by atoms with Gasteiger partial charge in [-0.15, -0.1) is 0 Å². The molecule has 26 heavy (non-hydrogen) atoms. The van der Waals surface area contributed by atoms with Crippen molar-refractivity contribution >= 4 is 56.5 Å². The SMILES string of the molecule is CC(C)OC(=O)CN(c1cc(Cl)c(Cl)cc1Cl)S(=O)(=O)c1ccccc1. The average molecular weight is 437 g/mol. The summed E-state index contributed by atoms with van der Waals surface area (Å²) in [6, 6.07) is 10.3. The Hall–Kier alpha value is -1.47. The van der Waals surface area contributed by atoms with E-state index in [9.17, 15) is 13.2 Å². The second-order valence-corrected chi connectivity index (χ2v) is 8.66. The van der Waals surface area contributed by atoms with Crippen molar-refractivity contribution in [3.05, 3.63) is 57.5 Å². The summed E-state index contributed by atoms with van der Waals surface area (Å²) >= 11 is 18.1. The fourth-order valence-corrected chi connectivity index (χ4v) is 4.27. The Bertz CT molecular complexity index is 902. The highest BCUT2D eigenvalue weighted by atomic mass is 35.5. The number of ether oxygens (including phenoxy) is 1. The standard InChI is InChI=1S/C17H16Cl3NO4S/c1-11(2)25-17(22)10-21(16-9-14(19)13(18)8-15(16)20)26(23,24)12-6-4-3-5-7-12/h3-9,11H,10H2,1-2H3. The Morgan fingerprint density at radius 1 is 1.04 bits per heavy atom. The molecule has 0 saturated carbocycles. The second-order valence-electron chi connectivity index (χ2n) is 5.58. The molecule has 0 N–H and O–H groups in total. The van der Waals surface area contributed by atoms with Crippen molar-refractivity contribution in [1.29, 1.82) is 0 Å². The van der Waals surface area contributed by atoms with E-state index in [0.717, 1.165) is 4.31 Å². The van der Waals surface area contributed by atoms with Crippen molar-refractivity contribution in [3.8, 4) is 0 Å². The third kappa shape index (κ3) is 4.82. The van der Waals surface area contributed by atoms with Crippen LogP contribution in [0.1, 0.15) is 13.8 Å².